The zero-order valence-corrected chi connectivity index (χ0v) is 23.3. The third-order valence-electron chi connectivity index (χ3n) is 6.79. The number of halogens is 3. The Morgan fingerprint density at radius 2 is 1.74 bits per heavy atom. The molecule has 0 saturated heterocycles. The van der Waals surface area contributed by atoms with Crippen LogP contribution in [-0.4, -0.2) is 77.8 Å². The molecule has 3 aromatic rings. The van der Waals surface area contributed by atoms with Gasteiger partial charge in [-0.1, -0.05) is 31.2 Å². The number of nitrogens with zero attached hydrogens (tertiary/aromatic N) is 5. The highest BCUT2D eigenvalue weighted by molar-refractivity contribution is 5.98. The Hall–Kier alpha value is -3.12. The van der Waals surface area contributed by atoms with Crippen LogP contribution in [0.4, 0.5) is 14.5 Å². The predicted molar refractivity (Wildman–Crippen MR) is 150 cm³/mol. The van der Waals surface area contributed by atoms with Crippen molar-refractivity contribution in [2.75, 3.05) is 44.7 Å². The molecule has 2 N–H and O–H groups in total. The Kier molecular flexibility index (Phi) is 10.8. The molecule has 4 rings (SSSR count). The third-order valence-corrected chi connectivity index (χ3v) is 6.79. The van der Waals surface area contributed by atoms with Gasteiger partial charge in [0, 0.05) is 44.3 Å². The molecule has 9 nitrogen and oxygen atoms in total. The summed E-state index contributed by atoms with van der Waals surface area (Å²) in [5, 5.41) is 14.6. The zero-order chi connectivity index (χ0) is 27.2. The van der Waals surface area contributed by atoms with Gasteiger partial charge in [0.1, 0.15) is 6.54 Å². The summed E-state index contributed by atoms with van der Waals surface area (Å²) in [5.41, 5.74) is 4.42. The summed E-state index contributed by atoms with van der Waals surface area (Å²) in [6.45, 7) is 6.35. The number of anilines is 1. The number of carbonyl (C=O) groups excluding carboxylic acids is 2. The lowest BCUT2D eigenvalue weighted by Gasteiger charge is -2.28. The number of hydrogen-bond acceptors (Lipinski definition) is 6. The highest BCUT2D eigenvalue weighted by Gasteiger charge is 2.25. The van der Waals surface area contributed by atoms with Crippen molar-refractivity contribution in [2.45, 2.75) is 39.9 Å². The van der Waals surface area contributed by atoms with E-state index in [1.165, 1.54) is 15.8 Å². The molecule has 0 saturated carbocycles. The van der Waals surface area contributed by atoms with E-state index >= 15 is 0 Å². The Balaban J connectivity index is 0.00000420. The zero-order valence-electron chi connectivity index (χ0n) is 22.5. The summed E-state index contributed by atoms with van der Waals surface area (Å²) >= 11 is 0. The molecule has 2 amide bonds. The fourth-order valence-electron chi connectivity index (χ4n) is 4.71. The van der Waals surface area contributed by atoms with Crippen LogP contribution in [0.3, 0.4) is 0 Å². The summed E-state index contributed by atoms with van der Waals surface area (Å²) in [4.78, 5) is 27.8. The second-order valence-electron chi connectivity index (χ2n) is 9.43. The number of hydrogen-bond donors (Lipinski definition) is 2. The van der Waals surface area contributed by atoms with Crippen molar-refractivity contribution >= 4 is 40.8 Å². The first-order valence-electron chi connectivity index (χ1n) is 12.8. The maximum Gasteiger partial charge on any atom is 0.257 e. The fraction of sp³-hybridized carbons (Fsp3) is 0.444. The highest BCUT2D eigenvalue weighted by Crippen LogP contribution is 2.27. The van der Waals surface area contributed by atoms with Crippen LogP contribution in [0.15, 0.2) is 42.6 Å². The first-order valence-corrected chi connectivity index (χ1v) is 12.8. The lowest BCUT2D eigenvalue weighted by molar-refractivity contribution is -0.145. The number of amides is 2. The summed E-state index contributed by atoms with van der Waals surface area (Å²) in [5.74, 6) is -0.354. The maximum absolute atomic E-state index is 13.3. The molecule has 0 radical (unpaired) electrons. The van der Waals surface area contributed by atoms with Crippen molar-refractivity contribution in [1.82, 2.24) is 30.4 Å². The van der Waals surface area contributed by atoms with Gasteiger partial charge in [0.2, 0.25) is 5.91 Å². The lowest BCUT2D eigenvalue weighted by Crippen LogP contribution is -2.47. The maximum atomic E-state index is 13.3. The first-order chi connectivity index (χ1) is 18.3. The number of fused-ring (bicyclic) bond motifs is 2. The van der Waals surface area contributed by atoms with Crippen LogP contribution in [0.2, 0.25) is 0 Å². The quantitative estimate of drug-likeness (QED) is 0.330. The summed E-state index contributed by atoms with van der Waals surface area (Å²) in [7, 11) is 1.74. The molecular weight excluding hydrogens is 528 g/mol. The Morgan fingerprint density at radius 3 is 2.38 bits per heavy atom. The van der Waals surface area contributed by atoms with Crippen molar-refractivity contribution in [3.8, 4) is 0 Å². The average molecular weight is 564 g/mol. The molecule has 0 spiro atoms. The molecule has 1 aliphatic heterocycles. The minimum Gasteiger partial charge on any atom is -0.315 e. The van der Waals surface area contributed by atoms with E-state index in [0.717, 1.165) is 17.5 Å². The van der Waals surface area contributed by atoms with Crippen LogP contribution >= 0.6 is 12.4 Å². The van der Waals surface area contributed by atoms with Crippen LogP contribution in [0.1, 0.15) is 23.6 Å². The molecule has 0 unspecified atom stereocenters. The highest BCUT2D eigenvalue weighted by atomic mass is 35.5. The van der Waals surface area contributed by atoms with Gasteiger partial charge in [-0.05, 0) is 42.3 Å². The SMILES string of the molecule is CCNCCN(C(=O)CNCC(=O)N(C)N1Cc2ccccc2C1)c1cc2c(cnn2CC(F)F)cc1C.Cl. The normalized spacial score (nSPS) is 13.0. The van der Waals surface area contributed by atoms with Gasteiger partial charge in [-0.3, -0.25) is 24.6 Å². The van der Waals surface area contributed by atoms with Crippen LogP contribution < -0.4 is 15.5 Å². The largest absolute Gasteiger partial charge is 0.315 e. The molecule has 2 heterocycles. The summed E-state index contributed by atoms with van der Waals surface area (Å²) in [6.07, 6.45) is -0.981. The van der Waals surface area contributed by atoms with Gasteiger partial charge in [0.05, 0.1) is 24.8 Å². The lowest BCUT2D eigenvalue weighted by atomic mass is 10.1. The number of nitrogens with one attached hydrogen (secondary N) is 2. The first kappa shape index (κ1) is 30.4. The van der Waals surface area contributed by atoms with Crippen LogP contribution in [0.25, 0.3) is 10.9 Å². The number of hydrazine groups is 1. The monoisotopic (exact) mass is 563 g/mol. The predicted octanol–water partition coefficient (Wildman–Crippen LogP) is 2.95. The van der Waals surface area contributed by atoms with Crippen LogP contribution in [0.5, 0.6) is 0 Å². The van der Waals surface area contributed by atoms with Gasteiger partial charge >= 0.3 is 0 Å². The molecule has 1 aromatic heterocycles. The van der Waals surface area contributed by atoms with E-state index < -0.39 is 13.0 Å². The molecule has 212 valence electrons. The minimum atomic E-state index is -2.54. The molecule has 0 atom stereocenters. The molecule has 39 heavy (non-hydrogen) atoms. The van der Waals surface area contributed by atoms with Gasteiger partial charge in [-0.2, -0.15) is 5.10 Å². The molecule has 0 fully saturated rings. The average Bonchev–Trinajstić information content (AvgIpc) is 3.49. The molecule has 0 aliphatic carbocycles. The van der Waals surface area contributed by atoms with E-state index in [1.54, 1.807) is 29.2 Å². The number of carbonyl (C=O) groups is 2. The topological polar surface area (TPSA) is 85.7 Å². The van der Waals surface area contributed by atoms with Gasteiger partial charge < -0.3 is 10.2 Å². The number of rotatable bonds is 12. The second-order valence-corrected chi connectivity index (χ2v) is 9.43. The number of benzene rings is 2. The van der Waals surface area contributed by atoms with E-state index in [0.29, 0.717) is 37.4 Å². The van der Waals surface area contributed by atoms with Gasteiger partial charge in [-0.15, -0.1) is 12.4 Å². The van der Waals surface area contributed by atoms with Crippen LogP contribution in [-0.2, 0) is 29.2 Å². The van der Waals surface area contributed by atoms with Crippen molar-refractivity contribution in [1.29, 1.82) is 0 Å². The Bertz CT molecular complexity index is 1260. The van der Waals surface area contributed by atoms with Crippen molar-refractivity contribution in [3.63, 3.8) is 0 Å². The Morgan fingerprint density at radius 1 is 1.08 bits per heavy atom. The number of alkyl halides is 2. The van der Waals surface area contributed by atoms with E-state index in [4.69, 9.17) is 0 Å². The molecule has 12 heteroatoms. The molecule has 2 aromatic carbocycles. The number of aromatic nitrogens is 2. The van der Waals surface area contributed by atoms with E-state index in [9.17, 15) is 18.4 Å². The van der Waals surface area contributed by atoms with Crippen molar-refractivity contribution in [2.24, 2.45) is 0 Å². The second kappa shape index (κ2) is 13.8. The van der Waals surface area contributed by atoms with E-state index in [1.807, 2.05) is 37.1 Å². The van der Waals surface area contributed by atoms with Gasteiger partial charge in [0.25, 0.3) is 12.3 Å². The number of aryl methyl sites for hydroxylation is 1. The molecule has 0 bridgehead atoms. The summed E-state index contributed by atoms with van der Waals surface area (Å²) < 4.78 is 27.4. The summed E-state index contributed by atoms with van der Waals surface area (Å²) in [6, 6.07) is 11.7. The molecule has 1 aliphatic rings. The van der Waals surface area contributed by atoms with Crippen LogP contribution in [0, 0.1) is 6.92 Å². The molecular formula is C27H36ClF2N7O2. The minimum absolute atomic E-state index is 0. The Labute approximate surface area is 233 Å². The van der Waals surface area contributed by atoms with E-state index in [2.05, 4.69) is 27.9 Å². The van der Waals surface area contributed by atoms with Crippen molar-refractivity contribution in [3.05, 3.63) is 59.3 Å². The standard InChI is InChI=1S/C27H35F2N7O2.ClH/c1-4-30-9-10-35(23-12-24-22(11-19(23)2)13-32-36(24)18-25(28)29)27(38)15-31-14-26(37)33(3)34-16-20-7-5-6-8-21(20)17-34;/h5-8,11-13,25,30-31H,4,9-10,14-18H2,1-3H3;1H. The smallest absolute Gasteiger partial charge is 0.257 e. The van der Waals surface area contributed by atoms with Gasteiger partial charge in [0.15, 0.2) is 0 Å². The number of likely N-dealkylation sites (N-methyl/N-ethyl adjacent to an activating group) is 2. The van der Waals surface area contributed by atoms with Gasteiger partial charge in [-0.25, -0.2) is 13.8 Å². The third kappa shape index (κ3) is 7.30. The van der Waals surface area contributed by atoms with E-state index in [-0.39, 0.29) is 37.3 Å². The fourth-order valence-corrected chi connectivity index (χ4v) is 4.71. The van der Waals surface area contributed by atoms with Crippen molar-refractivity contribution < 1.29 is 18.4 Å².